The van der Waals surface area contributed by atoms with E-state index >= 15 is 4.39 Å². The minimum absolute atomic E-state index is 0.569. The highest BCUT2D eigenvalue weighted by molar-refractivity contribution is 5.23. The zero-order valence-electron chi connectivity index (χ0n) is 11.4. The van der Waals surface area contributed by atoms with E-state index in [2.05, 4.69) is 4.98 Å². The molecule has 2 heterocycles. The normalized spacial score (nSPS) is 32.3. The van der Waals surface area contributed by atoms with E-state index in [-0.39, 0.29) is 0 Å². The SMILES string of the molecule is C[C@@H](O)[C@H]1O[C@@H](n2cnc(=O)[nH]c2=O)[C@@](F)(C#CCF)C1O. The second-order valence-electron chi connectivity index (χ2n) is 4.73. The summed E-state index contributed by atoms with van der Waals surface area (Å²) in [6, 6.07) is 0. The Morgan fingerprint density at radius 3 is 2.86 bits per heavy atom. The molecule has 0 saturated carbocycles. The number of halogens is 2. The predicted octanol–water partition coefficient (Wildman–Crippen LogP) is -1.75. The van der Waals surface area contributed by atoms with E-state index < -0.39 is 48.3 Å². The number of aromatic nitrogens is 3. The van der Waals surface area contributed by atoms with Crippen LogP contribution >= 0.6 is 0 Å². The Hall–Kier alpha value is -2.09. The Balaban J connectivity index is 2.55. The van der Waals surface area contributed by atoms with Crippen LogP contribution in [0.2, 0.25) is 0 Å². The average molecular weight is 317 g/mol. The topological polar surface area (TPSA) is 117 Å². The van der Waals surface area contributed by atoms with Gasteiger partial charge in [-0.1, -0.05) is 11.8 Å². The van der Waals surface area contributed by atoms with Gasteiger partial charge in [-0.15, -0.1) is 0 Å². The lowest BCUT2D eigenvalue weighted by Crippen LogP contribution is -2.46. The highest BCUT2D eigenvalue weighted by Gasteiger charge is 2.59. The van der Waals surface area contributed by atoms with E-state index in [4.69, 9.17) is 4.74 Å². The Morgan fingerprint density at radius 1 is 1.64 bits per heavy atom. The minimum Gasteiger partial charge on any atom is -0.391 e. The van der Waals surface area contributed by atoms with Gasteiger partial charge in [0.15, 0.2) is 6.23 Å². The van der Waals surface area contributed by atoms with Crippen LogP contribution in [0.25, 0.3) is 0 Å². The van der Waals surface area contributed by atoms with Crippen LogP contribution in [0, 0.1) is 11.8 Å². The van der Waals surface area contributed by atoms with Crippen LogP contribution in [0.1, 0.15) is 13.2 Å². The first-order chi connectivity index (χ1) is 10.3. The summed E-state index contributed by atoms with van der Waals surface area (Å²) < 4.78 is 33.0. The highest BCUT2D eigenvalue weighted by Crippen LogP contribution is 2.41. The van der Waals surface area contributed by atoms with Gasteiger partial charge in [0, 0.05) is 0 Å². The van der Waals surface area contributed by atoms with Crippen molar-refractivity contribution in [2.45, 2.75) is 37.1 Å². The quantitative estimate of drug-likeness (QED) is 0.557. The number of hydrogen-bond donors (Lipinski definition) is 3. The molecule has 0 aromatic carbocycles. The van der Waals surface area contributed by atoms with Crippen LogP contribution in [0.4, 0.5) is 8.78 Å². The molecule has 1 aliphatic heterocycles. The molecule has 1 aliphatic rings. The number of aromatic amines is 1. The van der Waals surface area contributed by atoms with Crippen molar-refractivity contribution in [2.75, 3.05) is 6.67 Å². The van der Waals surface area contributed by atoms with Crippen LogP contribution in [0.5, 0.6) is 0 Å². The van der Waals surface area contributed by atoms with Crippen LogP contribution in [-0.4, -0.2) is 55.4 Å². The summed E-state index contributed by atoms with van der Waals surface area (Å²) >= 11 is 0. The molecular weight excluding hydrogens is 304 g/mol. The van der Waals surface area contributed by atoms with Crippen molar-refractivity contribution < 1.29 is 23.7 Å². The van der Waals surface area contributed by atoms with Crippen LogP contribution in [-0.2, 0) is 4.74 Å². The van der Waals surface area contributed by atoms with Crippen molar-refractivity contribution in [3.05, 3.63) is 27.3 Å². The molecule has 1 saturated heterocycles. The van der Waals surface area contributed by atoms with Gasteiger partial charge >= 0.3 is 11.4 Å². The molecule has 0 spiro atoms. The van der Waals surface area contributed by atoms with E-state index in [1.807, 2.05) is 11.8 Å². The maximum Gasteiger partial charge on any atom is 0.350 e. The maximum atomic E-state index is 15.0. The fourth-order valence-electron chi connectivity index (χ4n) is 2.18. The lowest BCUT2D eigenvalue weighted by molar-refractivity contribution is -0.0807. The van der Waals surface area contributed by atoms with E-state index in [0.29, 0.717) is 10.9 Å². The van der Waals surface area contributed by atoms with E-state index in [0.717, 1.165) is 0 Å². The molecule has 0 bridgehead atoms. The van der Waals surface area contributed by atoms with Crippen molar-refractivity contribution >= 4 is 0 Å². The minimum atomic E-state index is -2.86. The molecule has 2 rings (SSSR count). The fraction of sp³-hybridized carbons (Fsp3) is 0.583. The van der Waals surface area contributed by atoms with Gasteiger partial charge in [0.05, 0.1) is 6.10 Å². The molecule has 8 nitrogen and oxygen atoms in total. The zero-order chi connectivity index (χ0) is 16.5. The Bertz CT molecular complexity index is 722. The summed E-state index contributed by atoms with van der Waals surface area (Å²) in [7, 11) is 0. The molecule has 5 atom stereocenters. The number of hydrogen-bond acceptors (Lipinski definition) is 6. The third-order valence-electron chi connectivity index (χ3n) is 3.21. The molecule has 120 valence electrons. The number of aliphatic hydroxyl groups excluding tert-OH is 2. The van der Waals surface area contributed by atoms with Gasteiger partial charge < -0.3 is 14.9 Å². The van der Waals surface area contributed by atoms with Crippen molar-refractivity contribution in [1.29, 1.82) is 0 Å². The van der Waals surface area contributed by atoms with Gasteiger partial charge in [-0.2, -0.15) is 4.98 Å². The second kappa shape index (κ2) is 5.96. The monoisotopic (exact) mass is 317 g/mol. The molecular formula is C12H13F2N3O5. The summed E-state index contributed by atoms with van der Waals surface area (Å²) in [5.41, 5.74) is -4.86. The van der Waals surface area contributed by atoms with Gasteiger partial charge in [0.2, 0.25) is 5.67 Å². The smallest absolute Gasteiger partial charge is 0.350 e. The zero-order valence-corrected chi connectivity index (χ0v) is 11.4. The number of nitrogens with zero attached hydrogens (tertiary/aromatic N) is 2. The third-order valence-corrected chi connectivity index (χ3v) is 3.21. The summed E-state index contributed by atoms with van der Waals surface area (Å²) in [4.78, 5) is 27.7. The van der Waals surface area contributed by atoms with Gasteiger partial charge in [-0.25, -0.2) is 18.4 Å². The first-order valence-corrected chi connectivity index (χ1v) is 6.25. The van der Waals surface area contributed by atoms with Crippen LogP contribution < -0.4 is 11.4 Å². The van der Waals surface area contributed by atoms with Gasteiger partial charge in [0.1, 0.15) is 25.2 Å². The predicted molar refractivity (Wildman–Crippen MR) is 68.3 cm³/mol. The first-order valence-electron chi connectivity index (χ1n) is 6.25. The number of alkyl halides is 2. The number of H-pyrrole nitrogens is 1. The number of aliphatic hydroxyl groups is 2. The second-order valence-corrected chi connectivity index (χ2v) is 4.73. The molecule has 0 amide bonds. The number of nitrogens with one attached hydrogen (secondary N) is 1. The lowest BCUT2D eigenvalue weighted by Gasteiger charge is -2.23. The van der Waals surface area contributed by atoms with Gasteiger partial charge in [-0.3, -0.25) is 9.55 Å². The summed E-state index contributed by atoms with van der Waals surface area (Å²) in [6.45, 7) is 0.0659. The molecule has 0 radical (unpaired) electrons. The summed E-state index contributed by atoms with van der Waals surface area (Å²) in [6.07, 6.45) is -5.71. The molecule has 1 aromatic rings. The van der Waals surface area contributed by atoms with Crippen molar-refractivity contribution in [2.24, 2.45) is 0 Å². The Kier molecular flexibility index (Phi) is 4.41. The Labute approximate surface area is 122 Å². The third kappa shape index (κ3) is 2.66. The molecule has 0 aliphatic carbocycles. The fourth-order valence-corrected chi connectivity index (χ4v) is 2.18. The largest absolute Gasteiger partial charge is 0.391 e. The average Bonchev–Trinajstić information content (AvgIpc) is 2.70. The van der Waals surface area contributed by atoms with Crippen molar-refractivity contribution in [1.82, 2.24) is 14.5 Å². The molecule has 1 fully saturated rings. The molecule has 3 N–H and O–H groups in total. The molecule has 1 unspecified atom stereocenters. The number of ether oxygens (including phenoxy) is 1. The van der Waals surface area contributed by atoms with E-state index in [1.54, 1.807) is 4.98 Å². The first kappa shape index (κ1) is 16.3. The van der Waals surface area contributed by atoms with Gasteiger partial charge in [-0.05, 0) is 6.92 Å². The lowest BCUT2D eigenvalue weighted by atomic mass is 9.94. The van der Waals surface area contributed by atoms with E-state index in [9.17, 15) is 24.2 Å². The number of rotatable bonds is 2. The summed E-state index contributed by atoms with van der Waals surface area (Å²) in [5.74, 6) is 3.71. The Morgan fingerprint density at radius 2 is 2.32 bits per heavy atom. The van der Waals surface area contributed by atoms with Crippen molar-refractivity contribution in [3.63, 3.8) is 0 Å². The molecule has 1 aromatic heterocycles. The van der Waals surface area contributed by atoms with E-state index in [1.165, 1.54) is 6.92 Å². The summed E-state index contributed by atoms with van der Waals surface area (Å²) in [5, 5.41) is 19.5. The maximum absolute atomic E-state index is 15.0. The molecule has 10 heteroatoms. The van der Waals surface area contributed by atoms with Crippen LogP contribution in [0.3, 0.4) is 0 Å². The molecule has 22 heavy (non-hydrogen) atoms. The van der Waals surface area contributed by atoms with Crippen molar-refractivity contribution in [3.8, 4) is 11.8 Å². The standard InChI is InChI=1S/C12H13F2N3O5/c1-6(18)7-8(19)12(14,3-2-4-13)9(22-7)17-5-15-10(20)16-11(17)21/h5-9,18-19H,4H2,1H3,(H,16,20,21)/t6-,7-,8?,9-,12-/m1/s1. The van der Waals surface area contributed by atoms with Crippen LogP contribution in [0.15, 0.2) is 15.9 Å². The highest BCUT2D eigenvalue weighted by atomic mass is 19.1. The van der Waals surface area contributed by atoms with Gasteiger partial charge in [0.25, 0.3) is 0 Å².